The molecule has 0 saturated carbocycles. The van der Waals surface area contributed by atoms with Crippen molar-refractivity contribution in [3.8, 4) is 0 Å². The molecule has 4 rings (SSSR count). The number of benzene rings is 2. The molecule has 1 aromatic heterocycles. The average Bonchev–Trinajstić information content (AvgIpc) is 3.07. The van der Waals surface area contributed by atoms with E-state index in [-0.39, 0.29) is 5.82 Å². The van der Waals surface area contributed by atoms with Gasteiger partial charge in [0, 0.05) is 28.5 Å². The van der Waals surface area contributed by atoms with E-state index >= 15 is 0 Å². The first-order valence-electron chi connectivity index (χ1n) is 8.63. The van der Waals surface area contributed by atoms with Gasteiger partial charge in [-0.25, -0.2) is 4.39 Å². The molecule has 0 saturated heterocycles. The highest BCUT2D eigenvalue weighted by atomic mass is 79.9. The van der Waals surface area contributed by atoms with Gasteiger partial charge in [-0.05, 0) is 65.7 Å². The second-order valence-electron chi connectivity index (χ2n) is 6.29. The number of pyridine rings is 1. The molecule has 0 aliphatic carbocycles. The number of aliphatic imine (C=N–C) groups is 1. The quantitative estimate of drug-likeness (QED) is 0.580. The highest BCUT2D eigenvalue weighted by Gasteiger charge is 2.14. The van der Waals surface area contributed by atoms with Gasteiger partial charge in [-0.15, -0.1) is 0 Å². The lowest BCUT2D eigenvalue weighted by Gasteiger charge is -2.09. The van der Waals surface area contributed by atoms with E-state index in [0.29, 0.717) is 13.1 Å². The van der Waals surface area contributed by atoms with Crippen molar-refractivity contribution in [1.82, 2.24) is 4.98 Å². The summed E-state index contributed by atoms with van der Waals surface area (Å²) in [7, 11) is 0. The number of hydrogen-bond donors (Lipinski definition) is 1. The summed E-state index contributed by atoms with van der Waals surface area (Å²) in [6, 6.07) is 16.9. The van der Waals surface area contributed by atoms with Crippen LogP contribution in [0.25, 0.3) is 6.08 Å². The smallest absolute Gasteiger partial charge is 0.124 e. The van der Waals surface area contributed by atoms with Gasteiger partial charge in [-0.2, -0.15) is 0 Å². The number of halogens is 2. The van der Waals surface area contributed by atoms with Crippen LogP contribution < -0.4 is 5.32 Å². The molecule has 134 valence electrons. The average molecular weight is 422 g/mol. The molecular formula is C22H17BrFN3. The van der Waals surface area contributed by atoms with Crippen LogP contribution in [0.15, 0.2) is 76.3 Å². The van der Waals surface area contributed by atoms with Crippen LogP contribution in [0.3, 0.4) is 0 Å². The third-order valence-electron chi connectivity index (χ3n) is 4.32. The molecule has 0 atom stereocenters. The van der Waals surface area contributed by atoms with E-state index < -0.39 is 0 Å². The first-order valence-corrected chi connectivity index (χ1v) is 9.42. The predicted molar refractivity (Wildman–Crippen MR) is 111 cm³/mol. The van der Waals surface area contributed by atoms with E-state index in [1.54, 1.807) is 6.20 Å². The molecule has 1 aliphatic heterocycles. The summed E-state index contributed by atoms with van der Waals surface area (Å²) in [6.45, 7) is 1.24. The fourth-order valence-corrected chi connectivity index (χ4v) is 3.53. The van der Waals surface area contributed by atoms with Crippen LogP contribution in [0.4, 0.5) is 10.1 Å². The summed E-state index contributed by atoms with van der Waals surface area (Å²) < 4.78 is 14.3. The maximum Gasteiger partial charge on any atom is 0.124 e. The Labute approximate surface area is 165 Å². The molecule has 0 spiro atoms. The van der Waals surface area contributed by atoms with Gasteiger partial charge in [0.2, 0.25) is 0 Å². The predicted octanol–water partition coefficient (Wildman–Crippen LogP) is 5.61. The van der Waals surface area contributed by atoms with Gasteiger partial charge < -0.3 is 5.32 Å². The van der Waals surface area contributed by atoms with Crippen LogP contribution in [0, 0.1) is 5.82 Å². The molecule has 1 aliphatic rings. The summed E-state index contributed by atoms with van der Waals surface area (Å²) in [5.74, 6) is -0.246. The van der Waals surface area contributed by atoms with Crippen molar-refractivity contribution in [2.45, 2.75) is 13.1 Å². The molecule has 2 heterocycles. The number of aromatic nitrogens is 1. The van der Waals surface area contributed by atoms with Gasteiger partial charge in [0.15, 0.2) is 0 Å². The number of anilines is 1. The Balaban J connectivity index is 1.50. The number of hydrogen-bond acceptors (Lipinski definition) is 3. The molecule has 0 radical (unpaired) electrons. The number of nitrogens with zero attached hydrogens (tertiary/aromatic N) is 2. The van der Waals surface area contributed by atoms with Crippen LogP contribution in [-0.2, 0) is 13.1 Å². The zero-order valence-corrected chi connectivity index (χ0v) is 16.1. The highest BCUT2D eigenvalue weighted by Crippen LogP contribution is 2.24. The summed E-state index contributed by atoms with van der Waals surface area (Å²) in [6.07, 6.45) is 5.75. The number of nitrogens with one attached hydrogen (secondary N) is 1. The monoisotopic (exact) mass is 421 g/mol. The minimum absolute atomic E-state index is 0.246. The Morgan fingerprint density at radius 3 is 2.81 bits per heavy atom. The number of fused-ring (bicyclic) bond motifs is 1. The fourth-order valence-electron chi connectivity index (χ4n) is 3.02. The van der Waals surface area contributed by atoms with Gasteiger partial charge >= 0.3 is 0 Å². The van der Waals surface area contributed by atoms with Gasteiger partial charge in [0.05, 0.1) is 18.0 Å². The lowest BCUT2D eigenvalue weighted by molar-refractivity contribution is 0.625. The molecule has 5 heteroatoms. The second-order valence-corrected chi connectivity index (χ2v) is 7.21. The summed E-state index contributed by atoms with van der Waals surface area (Å²) in [5.41, 5.74) is 6.04. The molecule has 3 aromatic rings. The summed E-state index contributed by atoms with van der Waals surface area (Å²) in [5, 5.41) is 3.36. The molecule has 1 N–H and O–H groups in total. The van der Waals surface area contributed by atoms with Crippen molar-refractivity contribution < 1.29 is 4.39 Å². The van der Waals surface area contributed by atoms with Crippen molar-refractivity contribution in [2.24, 2.45) is 4.99 Å². The van der Waals surface area contributed by atoms with Crippen LogP contribution in [0.2, 0.25) is 0 Å². The van der Waals surface area contributed by atoms with E-state index in [9.17, 15) is 4.39 Å². The third-order valence-corrected chi connectivity index (χ3v) is 4.78. The lowest BCUT2D eigenvalue weighted by atomic mass is 10.0. The molecule has 0 amide bonds. The fraction of sp³-hybridized carbons (Fsp3) is 0.0909. The Bertz CT molecular complexity index is 1010. The van der Waals surface area contributed by atoms with Crippen LogP contribution in [0.5, 0.6) is 0 Å². The van der Waals surface area contributed by atoms with E-state index in [1.807, 2.05) is 42.5 Å². The van der Waals surface area contributed by atoms with E-state index in [0.717, 1.165) is 32.7 Å². The van der Waals surface area contributed by atoms with Crippen LogP contribution in [-0.4, -0.2) is 10.7 Å². The molecule has 0 unspecified atom stereocenters. The standard InChI is InChI=1S/C22H17BrFN3/c23-17-9-15(10-18(24)11-17)13-26-20-5-4-16-14-27-22(21(16)12-20)7-6-19-3-1-2-8-25-19/h1-12,26H,13-14H2/b7-6+. The first kappa shape index (κ1) is 17.6. The Morgan fingerprint density at radius 1 is 1.07 bits per heavy atom. The Morgan fingerprint density at radius 2 is 2.00 bits per heavy atom. The van der Waals surface area contributed by atoms with Crippen molar-refractivity contribution in [3.63, 3.8) is 0 Å². The number of rotatable bonds is 5. The third kappa shape index (κ3) is 4.31. The number of allylic oxidation sites excluding steroid dienone is 1. The van der Waals surface area contributed by atoms with E-state index in [4.69, 9.17) is 0 Å². The summed E-state index contributed by atoms with van der Waals surface area (Å²) in [4.78, 5) is 8.92. The minimum atomic E-state index is -0.246. The van der Waals surface area contributed by atoms with Gasteiger partial charge in [-0.1, -0.05) is 28.1 Å². The lowest BCUT2D eigenvalue weighted by Crippen LogP contribution is -2.02. The maximum absolute atomic E-state index is 13.5. The van der Waals surface area contributed by atoms with E-state index in [1.165, 1.54) is 17.7 Å². The van der Waals surface area contributed by atoms with Crippen LogP contribution >= 0.6 is 15.9 Å². The first-order chi connectivity index (χ1) is 13.2. The molecule has 2 aromatic carbocycles. The van der Waals surface area contributed by atoms with Crippen LogP contribution in [0.1, 0.15) is 22.4 Å². The highest BCUT2D eigenvalue weighted by molar-refractivity contribution is 9.10. The topological polar surface area (TPSA) is 37.3 Å². The van der Waals surface area contributed by atoms with Gasteiger partial charge in [0.25, 0.3) is 0 Å². The Kier molecular flexibility index (Phi) is 5.12. The Hall–Kier alpha value is -2.79. The normalized spacial score (nSPS) is 12.9. The van der Waals surface area contributed by atoms with Crippen molar-refractivity contribution in [1.29, 1.82) is 0 Å². The molecule has 3 nitrogen and oxygen atoms in total. The molecule has 27 heavy (non-hydrogen) atoms. The van der Waals surface area contributed by atoms with Gasteiger partial charge in [-0.3, -0.25) is 9.98 Å². The maximum atomic E-state index is 13.5. The molecular weight excluding hydrogens is 405 g/mol. The minimum Gasteiger partial charge on any atom is -0.381 e. The summed E-state index contributed by atoms with van der Waals surface area (Å²) >= 11 is 3.33. The largest absolute Gasteiger partial charge is 0.381 e. The van der Waals surface area contributed by atoms with Crippen molar-refractivity contribution in [2.75, 3.05) is 5.32 Å². The molecule has 0 fully saturated rings. The van der Waals surface area contributed by atoms with Crippen molar-refractivity contribution in [3.05, 3.63) is 99.5 Å². The zero-order valence-electron chi connectivity index (χ0n) is 14.5. The second kappa shape index (κ2) is 7.84. The van der Waals surface area contributed by atoms with Gasteiger partial charge in [0.1, 0.15) is 5.82 Å². The van der Waals surface area contributed by atoms with Crippen molar-refractivity contribution >= 4 is 33.4 Å². The zero-order chi connectivity index (χ0) is 18.6. The van der Waals surface area contributed by atoms with E-state index in [2.05, 4.69) is 43.4 Å². The SMILES string of the molecule is Fc1cc(Br)cc(CNc2ccc3c(c2)C(/C=C/c2ccccn2)=NC3)c1. The molecule has 0 bridgehead atoms.